The summed E-state index contributed by atoms with van der Waals surface area (Å²) < 4.78 is 5.60. The third-order valence-electron chi connectivity index (χ3n) is 3.01. The van der Waals surface area contributed by atoms with E-state index in [0.29, 0.717) is 13.1 Å². The fraction of sp³-hybridized carbons (Fsp3) is 0.462. The summed E-state index contributed by atoms with van der Waals surface area (Å²) in [5.41, 5.74) is 7.45. The molecule has 1 aliphatic heterocycles. The van der Waals surface area contributed by atoms with Crippen LogP contribution < -0.4 is 15.4 Å². The van der Waals surface area contributed by atoms with E-state index in [9.17, 15) is 4.79 Å². The number of ether oxygens (including phenoxy) is 1. The highest BCUT2D eigenvalue weighted by Gasteiger charge is 2.30. The number of carbonyl (C=O) groups excluding carboxylic acids is 1. The first kappa shape index (κ1) is 13.2. The monoisotopic (exact) mass is 266 g/mol. The molecule has 18 heavy (non-hydrogen) atoms. The van der Waals surface area contributed by atoms with Crippen LogP contribution in [0.3, 0.4) is 0 Å². The Morgan fingerprint density at radius 1 is 1.50 bits per heavy atom. The topological polar surface area (TPSA) is 55.6 Å². The zero-order valence-corrected chi connectivity index (χ0v) is 11.3. The van der Waals surface area contributed by atoms with E-state index in [1.807, 2.05) is 18.2 Å². The summed E-state index contributed by atoms with van der Waals surface area (Å²) in [5.74, 6) is 1.50. The molecule has 1 atom stereocenters. The number of thiol groups is 1. The lowest BCUT2D eigenvalue weighted by Crippen LogP contribution is -2.45. The molecule has 0 spiro atoms. The molecular formula is C13H18N2O2S. The van der Waals surface area contributed by atoms with Crippen molar-refractivity contribution in [3.8, 4) is 5.75 Å². The maximum absolute atomic E-state index is 12.1. The fourth-order valence-electron chi connectivity index (χ4n) is 2.04. The van der Waals surface area contributed by atoms with E-state index >= 15 is 0 Å². The predicted octanol–water partition coefficient (Wildman–Crippen LogP) is 1.58. The maximum Gasteiger partial charge on any atom is 0.267 e. The number of nitrogens with two attached hydrogens (primary N) is 1. The summed E-state index contributed by atoms with van der Waals surface area (Å²) >= 11 is 4.19. The largest absolute Gasteiger partial charge is 0.479 e. The normalized spacial score (nSPS) is 18.5. The first-order valence-corrected chi connectivity index (χ1v) is 6.72. The summed E-state index contributed by atoms with van der Waals surface area (Å²) in [6.07, 6.45) is 0.426. The molecule has 4 nitrogen and oxygen atoms in total. The van der Waals surface area contributed by atoms with Gasteiger partial charge in [-0.2, -0.15) is 12.6 Å². The molecule has 1 aliphatic rings. The van der Waals surface area contributed by atoms with Gasteiger partial charge in [0, 0.05) is 13.1 Å². The minimum Gasteiger partial charge on any atom is -0.479 e. The molecule has 1 heterocycles. The number of anilines is 1. The van der Waals surface area contributed by atoms with Crippen molar-refractivity contribution in [1.29, 1.82) is 0 Å². The quantitative estimate of drug-likeness (QED) is 0.814. The van der Waals surface area contributed by atoms with Gasteiger partial charge >= 0.3 is 0 Å². The molecule has 0 aliphatic carbocycles. The predicted molar refractivity (Wildman–Crippen MR) is 75.2 cm³/mol. The third-order valence-corrected chi connectivity index (χ3v) is 3.32. The van der Waals surface area contributed by atoms with Gasteiger partial charge in [-0.1, -0.05) is 6.07 Å². The average molecular weight is 266 g/mol. The summed E-state index contributed by atoms with van der Waals surface area (Å²) in [4.78, 5) is 13.9. The van der Waals surface area contributed by atoms with Gasteiger partial charge < -0.3 is 15.4 Å². The zero-order valence-electron chi connectivity index (χ0n) is 10.4. The van der Waals surface area contributed by atoms with Gasteiger partial charge in [0.05, 0.1) is 5.69 Å². The second kappa shape index (κ2) is 5.63. The molecule has 0 fully saturated rings. The van der Waals surface area contributed by atoms with Crippen LogP contribution in [0.25, 0.3) is 0 Å². The van der Waals surface area contributed by atoms with E-state index in [1.165, 1.54) is 0 Å². The van der Waals surface area contributed by atoms with E-state index in [4.69, 9.17) is 10.5 Å². The standard InChI is InChI=1S/C13H18N2O2S/c1-9-13(16)15(5-2-6-18)11-7-10(8-14)3-4-12(11)17-9/h3-4,7,9,18H,2,5-6,8,14H2,1H3. The van der Waals surface area contributed by atoms with Gasteiger partial charge in [-0.25, -0.2) is 0 Å². The van der Waals surface area contributed by atoms with Crippen LogP contribution in [0.2, 0.25) is 0 Å². The minimum atomic E-state index is -0.429. The van der Waals surface area contributed by atoms with Crippen LogP contribution in [-0.2, 0) is 11.3 Å². The van der Waals surface area contributed by atoms with Crippen molar-refractivity contribution in [2.75, 3.05) is 17.2 Å². The van der Waals surface area contributed by atoms with E-state index in [1.54, 1.807) is 11.8 Å². The fourth-order valence-corrected chi connectivity index (χ4v) is 2.18. The first-order chi connectivity index (χ1) is 8.67. The van der Waals surface area contributed by atoms with Crippen molar-refractivity contribution >= 4 is 24.2 Å². The second-order valence-electron chi connectivity index (χ2n) is 4.33. The highest BCUT2D eigenvalue weighted by molar-refractivity contribution is 7.80. The van der Waals surface area contributed by atoms with Crippen molar-refractivity contribution in [1.82, 2.24) is 0 Å². The van der Waals surface area contributed by atoms with Gasteiger partial charge in [-0.3, -0.25) is 4.79 Å². The number of hydrogen-bond donors (Lipinski definition) is 2. The van der Waals surface area contributed by atoms with E-state index in [0.717, 1.165) is 29.2 Å². The van der Waals surface area contributed by atoms with Crippen molar-refractivity contribution in [3.05, 3.63) is 23.8 Å². The SMILES string of the molecule is CC1Oc2ccc(CN)cc2N(CCCS)C1=O. The summed E-state index contributed by atoms with van der Waals surface area (Å²) in [6.45, 7) is 2.89. The van der Waals surface area contributed by atoms with Gasteiger partial charge in [-0.15, -0.1) is 0 Å². The molecular weight excluding hydrogens is 248 g/mol. The molecule has 0 saturated heterocycles. The number of rotatable bonds is 4. The molecule has 98 valence electrons. The Hall–Kier alpha value is -1.20. The molecule has 0 saturated carbocycles. The highest BCUT2D eigenvalue weighted by Crippen LogP contribution is 2.34. The van der Waals surface area contributed by atoms with Crippen LogP contribution in [0, 0.1) is 0 Å². The Morgan fingerprint density at radius 2 is 2.28 bits per heavy atom. The van der Waals surface area contributed by atoms with Crippen molar-refractivity contribution in [2.45, 2.75) is 26.0 Å². The molecule has 1 aromatic rings. The van der Waals surface area contributed by atoms with Crippen LogP contribution >= 0.6 is 12.6 Å². The Morgan fingerprint density at radius 3 is 2.94 bits per heavy atom. The van der Waals surface area contributed by atoms with Crippen LogP contribution in [0.5, 0.6) is 5.75 Å². The smallest absolute Gasteiger partial charge is 0.267 e. The number of hydrogen-bond acceptors (Lipinski definition) is 4. The number of carbonyl (C=O) groups is 1. The van der Waals surface area contributed by atoms with Crippen molar-refractivity contribution in [2.24, 2.45) is 5.73 Å². The average Bonchev–Trinajstić information content (AvgIpc) is 2.39. The lowest BCUT2D eigenvalue weighted by Gasteiger charge is -2.33. The molecule has 2 rings (SSSR count). The van der Waals surface area contributed by atoms with Crippen molar-refractivity contribution < 1.29 is 9.53 Å². The van der Waals surface area contributed by atoms with Gasteiger partial charge in [0.2, 0.25) is 0 Å². The van der Waals surface area contributed by atoms with Gasteiger partial charge in [0.25, 0.3) is 5.91 Å². The molecule has 0 aromatic heterocycles. The van der Waals surface area contributed by atoms with E-state index in [-0.39, 0.29) is 5.91 Å². The van der Waals surface area contributed by atoms with Gasteiger partial charge in [0.1, 0.15) is 5.75 Å². The zero-order chi connectivity index (χ0) is 13.1. The van der Waals surface area contributed by atoms with Crippen LogP contribution in [0.1, 0.15) is 18.9 Å². The second-order valence-corrected chi connectivity index (χ2v) is 4.78. The maximum atomic E-state index is 12.1. The van der Waals surface area contributed by atoms with E-state index in [2.05, 4.69) is 12.6 Å². The van der Waals surface area contributed by atoms with E-state index < -0.39 is 6.10 Å². The number of benzene rings is 1. The van der Waals surface area contributed by atoms with Crippen LogP contribution in [0.15, 0.2) is 18.2 Å². The number of amides is 1. The number of nitrogens with zero attached hydrogens (tertiary/aromatic N) is 1. The Balaban J connectivity index is 2.36. The molecule has 0 bridgehead atoms. The molecule has 1 unspecified atom stereocenters. The lowest BCUT2D eigenvalue weighted by atomic mass is 10.1. The van der Waals surface area contributed by atoms with Crippen LogP contribution in [-0.4, -0.2) is 24.3 Å². The summed E-state index contributed by atoms with van der Waals surface area (Å²) in [5, 5.41) is 0. The highest BCUT2D eigenvalue weighted by atomic mass is 32.1. The Bertz CT molecular complexity index is 451. The molecule has 2 N–H and O–H groups in total. The third kappa shape index (κ3) is 2.47. The van der Waals surface area contributed by atoms with Crippen LogP contribution in [0.4, 0.5) is 5.69 Å². The molecule has 5 heteroatoms. The van der Waals surface area contributed by atoms with Gasteiger partial charge in [0.15, 0.2) is 6.10 Å². The summed E-state index contributed by atoms with van der Waals surface area (Å²) in [7, 11) is 0. The Labute approximate surface area is 113 Å². The molecule has 1 aromatic carbocycles. The summed E-state index contributed by atoms with van der Waals surface area (Å²) in [6, 6.07) is 5.74. The van der Waals surface area contributed by atoms with Gasteiger partial charge in [-0.05, 0) is 36.8 Å². The number of fused-ring (bicyclic) bond motifs is 1. The van der Waals surface area contributed by atoms with Crippen molar-refractivity contribution in [3.63, 3.8) is 0 Å². The lowest BCUT2D eigenvalue weighted by molar-refractivity contribution is -0.125. The molecule has 1 amide bonds. The minimum absolute atomic E-state index is 0.00143. The first-order valence-electron chi connectivity index (χ1n) is 6.09. The molecule has 0 radical (unpaired) electrons. The Kier molecular flexibility index (Phi) is 4.14.